The fourth-order valence-corrected chi connectivity index (χ4v) is 4.50. The lowest BCUT2D eigenvalue weighted by atomic mass is 10.1. The molecule has 0 atom stereocenters. The molecule has 3 heterocycles. The Bertz CT molecular complexity index is 1410. The summed E-state index contributed by atoms with van der Waals surface area (Å²) in [5.41, 5.74) is 3.86. The van der Waals surface area contributed by atoms with Gasteiger partial charge in [0, 0.05) is 48.3 Å². The Hall–Kier alpha value is -4.31. The number of carbonyl (C=O) groups is 1. The number of ether oxygens (including phenoxy) is 1. The predicted molar refractivity (Wildman–Crippen MR) is 150 cm³/mol. The first-order valence-corrected chi connectivity index (χ1v) is 12.8. The number of nitrogens with zero attached hydrogens (tertiary/aromatic N) is 3. The molecule has 38 heavy (non-hydrogen) atoms. The van der Waals surface area contributed by atoms with Gasteiger partial charge in [0.2, 0.25) is 5.95 Å². The van der Waals surface area contributed by atoms with Gasteiger partial charge in [-0.15, -0.1) is 0 Å². The number of H-pyrrole nitrogens is 1. The maximum atomic E-state index is 12.3. The molecule has 0 aliphatic carbocycles. The van der Waals surface area contributed by atoms with Crippen LogP contribution in [0.1, 0.15) is 37.0 Å². The molecule has 10 heteroatoms. The zero-order chi connectivity index (χ0) is 26.6. The molecule has 10 nitrogen and oxygen atoms in total. The number of carbonyl (C=O) groups excluding carboxylic acids is 1. The number of aliphatic hydroxyl groups is 1. The normalized spacial score (nSPS) is 14.1. The molecule has 5 rings (SSSR count). The number of aromatic amines is 1. The first-order valence-electron chi connectivity index (χ1n) is 12.8. The number of aliphatic hydroxyl groups excluding tert-OH is 1. The highest BCUT2D eigenvalue weighted by Crippen LogP contribution is 2.33. The van der Waals surface area contributed by atoms with Crippen LogP contribution in [0.15, 0.2) is 54.7 Å². The van der Waals surface area contributed by atoms with Gasteiger partial charge in [0.1, 0.15) is 17.2 Å². The third kappa shape index (κ3) is 5.65. The SMILES string of the molecule is COc1cc(N2CCC(O)CC2)ccc1Nc1nc(Nc2ccc(C(=O)NC(C)C)cc2)c2cc[nH]c2n1. The van der Waals surface area contributed by atoms with Crippen molar-refractivity contribution in [2.24, 2.45) is 0 Å². The van der Waals surface area contributed by atoms with E-state index in [2.05, 4.69) is 30.8 Å². The van der Waals surface area contributed by atoms with E-state index in [1.165, 1.54) is 0 Å². The Labute approximate surface area is 221 Å². The van der Waals surface area contributed by atoms with Gasteiger partial charge in [-0.1, -0.05) is 0 Å². The fourth-order valence-electron chi connectivity index (χ4n) is 4.50. The van der Waals surface area contributed by atoms with Crippen molar-refractivity contribution in [3.05, 3.63) is 60.3 Å². The third-order valence-electron chi connectivity index (χ3n) is 6.51. The summed E-state index contributed by atoms with van der Waals surface area (Å²) in [6, 6.07) is 15.2. The largest absolute Gasteiger partial charge is 0.494 e. The number of amides is 1. The average Bonchev–Trinajstić information content (AvgIpc) is 3.38. The maximum Gasteiger partial charge on any atom is 0.251 e. The number of benzene rings is 2. The molecule has 1 fully saturated rings. The van der Waals surface area contributed by atoms with Gasteiger partial charge in [-0.2, -0.15) is 9.97 Å². The highest BCUT2D eigenvalue weighted by molar-refractivity contribution is 5.95. The molecule has 1 aliphatic rings. The topological polar surface area (TPSA) is 127 Å². The van der Waals surface area contributed by atoms with Crippen LogP contribution in [0.3, 0.4) is 0 Å². The van der Waals surface area contributed by atoms with Gasteiger partial charge < -0.3 is 35.7 Å². The van der Waals surface area contributed by atoms with Gasteiger partial charge in [-0.25, -0.2) is 0 Å². The van der Waals surface area contributed by atoms with Crippen molar-refractivity contribution in [3.8, 4) is 5.75 Å². The average molecular weight is 516 g/mol. The second-order valence-electron chi connectivity index (χ2n) is 9.69. The molecule has 1 amide bonds. The number of fused-ring (bicyclic) bond motifs is 1. The minimum Gasteiger partial charge on any atom is -0.494 e. The Morgan fingerprint density at radius 1 is 1.08 bits per heavy atom. The van der Waals surface area contributed by atoms with Gasteiger partial charge in [-0.3, -0.25) is 4.79 Å². The van der Waals surface area contributed by atoms with E-state index in [0.717, 1.165) is 48.4 Å². The van der Waals surface area contributed by atoms with Gasteiger partial charge in [0.05, 0.1) is 24.3 Å². The predicted octanol–water partition coefficient (Wildman–Crippen LogP) is 4.55. The van der Waals surface area contributed by atoms with E-state index in [9.17, 15) is 9.90 Å². The molecule has 4 aromatic rings. The smallest absolute Gasteiger partial charge is 0.251 e. The fraction of sp³-hybridized carbons (Fsp3) is 0.321. The van der Waals surface area contributed by atoms with Crippen LogP contribution in [-0.4, -0.2) is 58.3 Å². The molecule has 2 aromatic carbocycles. The molecule has 0 unspecified atom stereocenters. The number of methoxy groups -OCH3 is 1. The molecule has 5 N–H and O–H groups in total. The van der Waals surface area contributed by atoms with Crippen molar-refractivity contribution in [1.82, 2.24) is 20.3 Å². The highest BCUT2D eigenvalue weighted by atomic mass is 16.5. The summed E-state index contributed by atoms with van der Waals surface area (Å²) in [6.07, 6.45) is 3.11. The van der Waals surface area contributed by atoms with Crippen LogP contribution in [0, 0.1) is 0 Å². The zero-order valence-electron chi connectivity index (χ0n) is 21.8. The van der Waals surface area contributed by atoms with Crippen molar-refractivity contribution in [3.63, 3.8) is 0 Å². The first kappa shape index (κ1) is 25.3. The summed E-state index contributed by atoms with van der Waals surface area (Å²) >= 11 is 0. The monoisotopic (exact) mass is 515 g/mol. The van der Waals surface area contributed by atoms with Crippen LogP contribution in [0.5, 0.6) is 5.75 Å². The standard InChI is InChI=1S/C28H33N7O3/c1-17(2)30-27(37)18-4-6-19(7-5-18)31-26-22-10-13-29-25(22)33-28(34-26)32-23-9-8-20(16-24(23)38-3)35-14-11-21(36)12-15-35/h4-10,13,16-17,21,36H,11-12,14-15H2,1-3H3,(H,30,37)(H3,29,31,32,33,34). The molecule has 0 radical (unpaired) electrons. The van der Waals surface area contributed by atoms with E-state index in [1.54, 1.807) is 19.2 Å². The van der Waals surface area contributed by atoms with E-state index in [4.69, 9.17) is 9.72 Å². The Morgan fingerprint density at radius 2 is 1.84 bits per heavy atom. The van der Waals surface area contributed by atoms with Crippen molar-refractivity contribution in [1.29, 1.82) is 0 Å². The van der Waals surface area contributed by atoms with E-state index in [0.29, 0.717) is 28.7 Å². The Balaban J connectivity index is 1.37. The number of anilines is 5. The quantitative estimate of drug-likeness (QED) is 0.231. The number of hydrogen-bond acceptors (Lipinski definition) is 8. The third-order valence-corrected chi connectivity index (χ3v) is 6.51. The van der Waals surface area contributed by atoms with Crippen LogP contribution in [0.4, 0.5) is 28.8 Å². The minimum absolute atomic E-state index is 0.0720. The number of nitrogens with one attached hydrogen (secondary N) is 4. The lowest BCUT2D eigenvalue weighted by molar-refractivity contribution is 0.0943. The van der Waals surface area contributed by atoms with Gasteiger partial charge in [-0.05, 0) is 69.2 Å². The molecular formula is C28H33N7O3. The zero-order valence-corrected chi connectivity index (χ0v) is 21.8. The first-order chi connectivity index (χ1) is 18.4. The van der Waals surface area contributed by atoms with E-state index < -0.39 is 0 Å². The summed E-state index contributed by atoms with van der Waals surface area (Å²) in [7, 11) is 1.64. The minimum atomic E-state index is -0.223. The molecule has 2 aromatic heterocycles. The lowest BCUT2D eigenvalue weighted by Crippen LogP contribution is -2.35. The molecule has 0 saturated carbocycles. The summed E-state index contributed by atoms with van der Waals surface area (Å²) in [5, 5.41) is 20.2. The maximum absolute atomic E-state index is 12.3. The second-order valence-corrected chi connectivity index (χ2v) is 9.69. The molecule has 1 aliphatic heterocycles. The van der Waals surface area contributed by atoms with Crippen molar-refractivity contribution in [2.45, 2.75) is 38.8 Å². The van der Waals surface area contributed by atoms with Crippen molar-refractivity contribution < 1.29 is 14.6 Å². The van der Waals surface area contributed by atoms with Gasteiger partial charge >= 0.3 is 0 Å². The van der Waals surface area contributed by atoms with Crippen LogP contribution < -0.4 is 25.6 Å². The van der Waals surface area contributed by atoms with Crippen LogP contribution in [-0.2, 0) is 0 Å². The summed E-state index contributed by atoms with van der Waals surface area (Å²) in [5.74, 6) is 1.60. The molecule has 1 saturated heterocycles. The lowest BCUT2D eigenvalue weighted by Gasteiger charge is -2.31. The highest BCUT2D eigenvalue weighted by Gasteiger charge is 2.19. The van der Waals surface area contributed by atoms with Crippen molar-refractivity contribution >= 4 is 45.8 Å². The van der Waals surface area contributed by atoms with E-state index in [-0.39, 0.29) is 18.1 Å². The number of aromatic nitrogens is 3. The van der Waals surface area contributed by atoms with Gasteiger partial charge in [0.15, 0.2) is 0 Å². The number of piperidine rings is 1. The second kappa shape index (κ2) is 11.0. The van der Waals surface area contributed by atoms with Crippen LogP contribution >= 0.6 is 0 Å². The van der Waals surface area contributed by atoms with Crippen LogP contribution in [0.2, 0.25) is 0 Å². The number of hydrogen-bond donors (Lipinski definition) is 5. The summed E-state index contributed by atoms with van der Waals surface area (Å²) < 4.78 is 5.67. The molecule has 0 bridgehead atoms. The number of rotatable bonds is 8. The van der Waals surface area contributed by atoms with Crippen molar-refractivity contribution in [2.75, 3.05) is 35.7 Å². The van der Waals surface area contributed by atoms with E-state index in [1.807, 2.05) is 56.4 Å². The Morgan fingerprint density at radius 3 is 2.55 bits per heavy atom. The van der Waals surface area contributed by atoms with Gasteiger partial charge in [0.25, 0.3) is 5.91 Å². The summed E-state index contributed by atoms with van der Waals surface area (Å²) in [6.45, 7) is 5.48. The molecule has 0 spiro atoms. The van der Waals surface area contributed by atoms with Crippen LogP contribution in [0.25, 0.3) is 11.0 Å². The summed E-state index contributed by atoms with van der Waals surface area (Å²) in [4.78, 5) is 27.0. The molecular weight excluding hydrogens is 482 g/mol. The Kier molecular flexibility index (Phi) is 7.32. The molecule has 198 valence electrons. The van der Waals surface area contributed by atoms with E-state index >= 15 is 0 Å².